The zero-order valence-electron chi connectivity index (χ0n) is 13.7. The topological polar surface area (TPSA) is 49.4 Å². The van der Waals surface area contributed by atoms with Crippen LogP contribution < -0.4 is 5.32 Å². The van der Waals surface area contributed by atoms with E-state index in [1.165, 1.54) is 38.5 Å². The molecule has 0 aromatic heterocycles. The summed E-state index contributed by atoms with van der Waals surface area (Å²) in [7, 11) is -1.36. The van der Waals surface area contributed by atoms with E-state index in [2.05, 4.69) is 5.32 Å². The predicted molar refractivity (Wildman–Crippen MR) is 87.9 cm³/mol. The molecule has 1 unspecified atom stereocenters. The summed E-state index contributed by atoms with van der Waals surface area (Å²) in [5, 5.41) is 2.70. The van der Waals surface area contributed by atoms with E-state index in [9.17, 15) is 8.42 Å². The molecule has 2 saturated carbocycles. The molecule has 0 heterocycles. The Balaban J connectivity index is 2.21. The molecule has 0 aromatic rings. The van der Waals surface area contributed by atoms with Crippen molar-refractivity contribution < 1.29 is 8.42 Å². The van der Waals surface area contributed by atoms with Gasteiger partial charge in [0.25, 0.3) is 0 Å². The Kier molecular flexibility index (Phi) is 6.51. The Morgan fingerprint density at radius 1 is 0.952 bits per heavy atom. The van der Waals surface area contributed by atoms with Gasteiger partial charge in [0, 0.05) is 18.6 Å². The van der Waals surface area contributed by atoms with E-state index in [4.69, 9.17) is 0 Å². The standard InChI is InChI=1S/C16H32N2O2S/c1-14(13-17-2)21(19,20)18(15-9-5-3-6-10-15)16-11-7-4-8-12-16/h14-17H,3-13H2,1-2H3. The van der Waals surface area contributed by atoms with Crippen LogP contribution in [0, 0.1) is 0 Å². The number of rotatable bonds is 6. The highest BCUT2D eigenvalue weighted by molar-refractivity contribution is 7.89. The van der Waals surface area contributed by atoms with Crippen molar-refractivity contribution in [2.75, 3.05) is 13.6 Å². The van der Waals surface area contributed by atoms with Crippen LogP contribution in [0.4, 0.5) is 0 Å². The van der Waals surface area contributed by atoms with Crippen molar-refractivity contribution in [2.24, 2.45) is 0 Å². The molecule has 0 aromatic carbocycles. The molecule has 2 aliphatic carbocycles. The lowest BCUT2D eigenvalue weighted by molar-refractivity contribution is 0.168. The van der Waals surface area contributed by atoms with Gasteiger partial charge in [0.15, 0.2) is 0 Å². The monoisotopic (exact) mass is 316 g/mol. The molecule has 1 atom stereocenters. The first-order chi connectivity index (χ1) is 10.1. The lowest BCUT2D eigenvalue weighted by atomic mass is 9.91. The third-order valence-electron chi connectivity index (χ3n) is 5.16. The van der Waals surface area contributed by atoms with Gasteiger partial charge in [0.05, 0.1) is 5.25 Å². The third kappa shape index (κ3) is 4.20. The molecule has 4 nitrogen and oxygen atoms in total. The summed E-state index contributed by atoms with van der Waals surface area (Å²) < 4.78 is 28.2. The normalized spacial score (nSPS) is 24.3. The molecule has 2 rings (SSSR count). The Morgan fingerprint density at radius 3 is 1.76 bits per heavy atom. The van der Waals surface area contributed by atoms with Gasteiger partial charge in [-0.15, -0.1) is 0 Å². The Hall–Kier alpha value is -0.130. The van der Waals surface area contributed by atoms with Crippen molar-refractivity contribution in [1.82, 2.24) is 9.62 Å². The van der Waals surface area contributed by atoms with Gasteiger partial charge in [0.2, 0.25) is 10.0 Å². The predicted octanol–water partition coefficient (Wildman–Crippen LogP) is 2.89. The van der Waals surface area contributed by atoms with Gasteiger partial charge in [-0.1, -0.05) is 38.5 Å². The molecule has 0 aliphatic heterocycles. The molecule has 5 heteroatoms. The average molecular weight is 317 g/mol. The Bertz CT molecular complexity index is 381. The molecule has 0 spiro atoms. The molecule has 0 amide bonds. The molecular weight excluding hydrogens is 284 g/mol. The van der Waals surface area contributed by atoms with Crippen LogP contribution in [0.3, 0.4) is 0 Å². The number of sulfonamides is 1. The second-order valence-corrected chi connectivity index (χ2v) is 9.08. The van der Waals surface area contributed by atoms with Crippen molar-refractivity contribution in [1.29, 1.82) is 0 Å². The minimum absolute atomic E-state index is 0.256. The van der Waals surface area contributed by atoms with Crippen LogP contribution in [0.2, 0.25) is 0 Å². The highest BCUT2D eigenvalue weighted by Crippen LogP contribution is 2.33. The van der Waals surface area contributed by atoms with Gasteiger partial charge in [-0.2, -0.15) is 4.31 Å². The summed E-state index contributed by atoms with van der Waals surface area (Å²) in [6.07, 6.45) is 11.5. The molecule has 124 valence electrons. The highest BCUT2D eigenvalue weighted by atomic mass is 32.2. The van der Waals surface area contributed by atoms with E-state index >= 15 is 0 Å². The van der Waals surface area contributed by atoms with E-state index < -0.39 is 10.0 Å². The number of nitrogens with zero attached hydrogens (tertiary/aromatic N) is 1. The maximum Gasteiger partial charge on any atom is 0.218 e. The molecule has 21 heavy (non-hydrogen) atoms. The van der Waals surface area contributed by atoms with Gasteiger partial charge in [-0.25, -0.2) is 8.42 Å². The number of nitrogens with one attached hydrogen (secondary N) is 1. The van der Waals surface area contributed by atoms with Gasteiger partial charge in [-0.05, 0) is 39.7 Å². The van der Waals surface area contributed by atoms with Crippen LogP contribution in [-0.2, 0) is 10.0 Å². The lowest BCUT2D eigenvalue weighted by Crippen LogP contribution is -2.52. The first kappa shape index (κ1) is 17.2. The summed E-state index contributed by atoms with van der Waals surface area (Å²) in [5.74, 6) is 0. The van der Waals surface area contributed by atoms with Crippen LogP contribution in [-0.4, -0.2) is 43.6 Å². The van der Waals surface area contributed by atoms with E-state index in [-0.39, 0.29) is 17.3 Å². The Morgan fingerprint density at radius 2 is 1.38 bits per heavy atom. The van der Waals surface area contributed by atoms with Crippen molar-refractivity contribution >= 4 is 10.0 Å². The zero-order valence-corrected chi connectivity index (χ0v) is 14.5. The smallest absolute Gasteiger partial charge is 0.218 e. The van der Waals surface area contributed by atoms with Crippen LogP contribution in [0.1, 0.15) is 71.1 Å². The maximum atomic E-state index is 13.1. The van der Waals surface area contributed by atoms with Crippen molar-refractivity contribution in [3.8, 4) is 0 Å². The van der Waals surface area contributed by atoms with Gasteiger partial charge >= 0.3 is 0 Å². The maximum absolute atomic E-state index is 13.1. The first-order valence-electron chi connectivity index (χ1n) is 8.74. The van der Waals surface area contributed by atoms with Crippen LogP contribution in [0.15, 0.2) is 0 Å². The minimum atomic E-state index is -3.19. The van der Waals surface area contributed by atoms with Gasteiger partial charge in [0.1, 0.15) is 0 Å². The largest absolute Gasteiger partial charge is 0.318 e. The molecular formula is C16H32N2O2S. The van der Waals surface area contributed by atoms with Crippen molar-refractivity contribution in [3.05, 3.63) is 0 Å². The van der Waals surface area contributed by atoms with Gasteiger partial charge < -0.3 is 5.32 Å². The second-order valence-electron chi connectivity index (χ2n) is 6.83. The SMILES string of the molecule is CNCC(C)S(=O)(=O)N(C1CCCCC1)C1CCCCC1. The first-order valence-corrected chi connectivity index (χ1v) is 10.2. The quantitative estimate of drug-likeness (QED) is 0.820. The number of hydrogen-bond acceptors (Lipinski definition) is 3. The fraction of sp³-hybridized carbons (Fsp3) is 1.00. The second kappa shape index (κ2) is 7.93. The van der Waals surface area contributed by atoms with E-state index in [1.807, 2.05) is 18.3 Å². The Labute approximate surface area is 130 Å². The summed E-state index contributed by atoms with van der Waals surface area (Å²) in [5.41, 5.74) is 0. The average Bonchev–Trinajstić information content (AvgIpc) is 2.49. The zero-order chi connectivity index (χ0) is 15.3. The molecule has 2 fully saturated rings. The van der Waals surface area contributed by atoms with Crippen LogP contribution in [0.5, 0.6) is 0 Å². The fourth-order valence-corrected chi connectivity index (χ4v) is 6.03. The molecule has 1 N–H and O–H groups in total. The summed E-state index contributed by atoms with van der Waals surface area (Å²) in [4.78, 5) is 0. The van der Waals surface area contributed by atoms with Crippen molar-refractivity contribution in [2.45, 2.75) is 88.5 Å². The fourth-order valence-electron chi connectivity index (χ4n) is 3.99. The molecule has 2 aliphatic rings. The van der Waals surface area contributed by atoms with E-state index in [1.54, 1.807) is 0 Å². The van der Waals surface area contributed by atoms with E-state index in [0.29, 0.717) is 6.54 Å². The number of hydrogen-bond donors (Lipinski definition) is 1. The summed E-state index contributed by atoms with van der Waals surface area (Å²) in [6, 6.07) is 0.511. The molecule has 0 saturated heterocycles. The van der Waals surface area contributed by atoms with Crippen LogP contribution >= 0.6 is 0 Å². The highest BCUT2D eigenvalue weighted by Gasteiger charge is 2.39. The van der Waals surface area contributed by atoms with E-state index in [0.717, 1.165) is 25.7 Å². The minimum Gasteiger partial charge on any atom is -0.318 e. The molecule has 0 radical (unpaired) electrons. The third-order valence-corrected chi connectivity index (χ3v) is 7.53. The lowest BCUT2D eigenvalue weighted by Gasteiger charge is -2.41. The molecule has 0 bridgehead atoms. The van der Waals surface area contributed by atoms with Gasteiger partial charge in [-0.3, -0.25) is 0 Å². The van der Waals surface area contributed by atoms with Crippen LogP contribution in [0.25, 0.3) is 0 Å². The van der Waals surface area contributed by atoms with Crippen molar-refractivity contribution in [3.63, 3.8) is 0 Å². The summed E-state index contributed by atoms with van der Waals surface area (Å²) in [6.45, 7) is 2.39. The summed E-state index contributed by atoms with van der Waals surface area (Å²) >= 11 is 0.